The molecule has 1 amide bonds. The van der Waals surface area contributed by atoms with Crippen LogP contribution in [0.3, 0.4) is 0 Å². The number of aliphatic hydroxyl groups is 1. The van der Waals surface area contributed by atoms with Crippen molar-refractivity contribution in [3.05, 3.63) is 112 Å². The lowest BCUT2D eigenvalue weighted by atomic mass is 9.94. The normalized spacial score (nSPS) is 15.1. The summed E-state index contributed by atoms with van der Waals surface area (Å²) in [6.45, 7) is 0.209. The third kappa shape index (κ3) is 5.85. The molecule has 0 bridgehead atoms. The van der Waals surface area contributed by atoms with E-state index in [1.54, 1.807) is 50.6 Å². The van der Waals surface area contributed by atoms with E-state index >= 15 is 0 Å². The van der Waals surface area contributed by atoms with Gasteiger partial charge in [0.25, 0.3) is 5.91 Å². The van der Waals surface area contributed by atoms with Gasteiger partial charge in [0.1, 0.15) is 0 Å². The van der Waals surface area contributed by atoms with Crippen LogP contribution in [0.2, 0.25) is 0 Å². The van der Waals surface area contributed by atoms with Crippen LogP contribution in [0.5, 0.6) is 11.5 Å². The molecule has 0 saturated carbocycles. The van der Waals surface area contributed by atoms with E-state index in [4.69, 9.17) is 14.2 Å². The standard InChI is InChI=1S/C31H29NO7/c1-37-25-16-10-21(19-26(25)38-2)17-18-32-28(22-11-13-23(14-12-22)31(36)39-3)27(29(34)30(32)35)24(33)15-9-20-7-5-4-6-8-20/h4-16,19,28,34H,17-18H2,1-3H3/b15-9+. The molecular formula is C31H29NO7. The molecule has 8 heteroatoms. The molecule has 0 radical (unpaired) electrons. The summed E-state index contributed by atoms with van der Waals surface area (Å²) < 4.78 is 15.5. The second-order valence-electron chi connectivity index (χ2n) is 8.82. The highest BCUT2D eigenvalue weighted by Crippen LogP contribution is 2.38. The maximum Gasteiger partial charge on any atom is 0.337 e. The quantitative estimate of drug-likeness (QED) is 0.301. The highest BCUT2D eigenvalue weighted by atomic mass is 16.5. The molecule has 3 aromatic rings. The highest BCUT2D eigenvalue weighted by molar-refractivity contribution is 6.14. The fourth-order valence-corrected chi connectivity index (χ4v) is 4.51. The summed E-state index contributed by atoms with van der Waals surface area (Å²) in [5.74, 6) is -1.09. The van der Waals surface area contributed by atoms with Crippen LogP contribution in [0.4, 0.5) is 0 Å². The van der Waals surface area contributed by atoms with Crippen molar-refractivity contribution < 1.29 is 33.7 Å². The summed E-state index contributed by atoms with van der Waals surface area (Å²) in [5.41, 5.74) is 2.56. The molecule has 39 heavy (non-hydrogen) atoms. The molecule has 1 aliphatic heterocycles. The van der Waals surface area contributed by atoms with Gasteiger partial charge in [-0.3, -0.25) is 9.59 Å². The molecule has 0 fully saturated rings. The zero-order valence-electron chi connectivity index (χ0n) is 21.9. The van der Waals surface area contributed by atoms with Crippen LogP contribution in [0.1, 0.15) is 33.1 Å². The number of carbonyl (C=O) groups is 3. The molecule has 8 nitrogen and oxygen atoms in total. The molecule has 0 saturated heterocycles. The number of esters is 1. The monoisotopic (exact) mass is 527 g/mol. The van der Waals surface area contributed by atoms with Crippen LogP contribution in [-0.2, 0) is 20.7 Å². The summed E-state index contributed by atoms with van der Waals surface area (Å²) >= 11 is 0. The Balaban J connectivity index is 1.67. The largest absolute Gasteiger partial charge is 0.503 e. The Morgan fingerprint density at radius 3 is 2.26 bits per heavy atom. The number of aliphatic hydroxyl groups excluding tert-OH is 1. The average molecular weight is 528 g/mol. The SMILES string of the molecule is COC(=O)c1ccc(C2C(C(=O)/C=C/c3ccccc3)=C(O)C(=O)N2CCc2ccc(OC)c(OC)c2)cc1. The first-order chi connectivity index (χ1) is 18.9. The minimum absolute atomic E-state index is 0.0229. The first kappa shape index (κ1) is 27.2. The average Bonchev–Trinajstić information content (AvgIpc) is 3.23. The number of rotatable bonds is 10. The minimum Gasteiger partial charge on any atom is -0.503 e. The van der Waals surface area contributed by atoms with Crippen LogP contribution >= 0.6 is 0 Å². The fourth-order valence-electron chi connectivity index (χ4n) is 4.51. The van der Waals surface area contributed by atoms with Crippen molar-refractivity contribution in [1.82, 2.24) is 4.90 Å². The van der Waals surface area contributed by atoms with Gasteiger partial charge in [-0.2, -0.15) is 0 Å². The highest BCUT2D eigenvalue weighted by Gasteiger charge is 2.42. The van der Waals surface area contributed by atoms with Crippen molar-refractivity contribution in [3.63, 3.8) is 0 Å². The first-order valence-corrected chi connectivity index (χ1v) is 12.3. The van der Waals surface area contributed by atoms with Crippen molar-refractivity contribution >= 4 is 23.7 Å². The predicted molar refractivity (Wildman–Crippen MR) is 146 cm³/mol. The Hall–Kier alpha value is -4.85. The van der Waals surface area contributed by atoms with E-state index in [1.165, 1.54) is 18.1 Å². The number of hydrogen-bond acceptors (Lipinski definition) is 7. The van der Waals surface area contributed by atoms with Crippen LogP contribution in [0, 0.1) is 0 Å². The summed E-state index contributed by atoms with van der Waals surface area (Å²) in [5, 5.41) is 10.9. The van der Waals surface area contributed by atoms with Crippen LogP contribution in [-0.4, -0.2) is 55.5 Å². The Labute approximate surface area is 226 Å². The number of carbonyl (C=O) groups excluding carboxylic acids is 3. The van der Waals surface area contributed by atoms with E-state index in [0.29, 0.717) is 29.0 Å². The molecule has 0 aliphatic carbocycles. The Morgan fingerprint density at radius 2 is 1.62 bits per heavy atom. The lowest BCUT2D eigenvalue weighted by molar-refractivity contribution is -0.129. The van der Waals surface area contributed by atoms with Gasteiger partial charge in [-0.15, -0.1) is 0 Å². The topological polar surface area (TPSA) is 102 Å². The van der Waals surface area contributed by atoms with Gasteiger partial charge in [0.2, 0.25) is 0 Å². The Morgan fingerprint density at radius 1 is 0.923 bits per heavy atom. The summed E-state index contributed by atoms with van der Waals surface area (Å²) in [6, 6.07) is 20.3. The smallest absolute Gasteiger partial charge is 0.337 e. The van der Waals surface area contributed by atoms with Crippen molar-refractivity contribution in [2.24, 2.45) is 0 Å². The Bertz CT molecular complexity index is 1430. The van der Waals surface area contributed by atoms with Crippen molar-refractivity contribution in [2.75, 3.05) is 27.9 Å². The van der Waals surface area contributed by atoms with Gasteiger partial charge < -0.3 is 24.2 Å². The molecule has 1 unspecified atom stereocenters. The molecule has 1 heterocycles. The van der Waals surface area contributed by atoms with Crippen LogP contribution in [0.25, 0.3) is 6.08 Å². The van der Waals surface area contributed by atoms with E-state index in [9.17, 15) is 19.5 Å². The van der Waals surface area contributed by atoms with E-state index in [2.05, 4.69) is 0 Å². The van der Waals surface area contributed by atoms with Gasteiger partial charge in [0, 0.05) is 6.54 Å². The molecule has 0 aromatic heterocycles. The van der Waals surface area contributed by atoms with Gasteiger partial charge >= 0.3 is 5.97 Å². The third-order valence-corrected chi connectivity index (χ3v) is 6.53. The second kappa shape index (κ2) is 12.1. The lowest BCUT2D eigenvalue weighted by Gasteiger charge is -2.27. The number of nitrogens with zero attached hydrogens (tertiary/aromatic N) is 1. The third-order valence-electron chi connectivity index (χ3n) is 6.53. The molecule has 0 spiro atoms. The summed E-state index contributed by atoms with van der Waals surface area (Å²) in [7, 11) is 4.39. The number of ketones is 1. The molecule has 4 rings (SSSR count). The molecule has 200 valence electrons. The van der Waals surface area contributed by atoms with Gasteiger partial charge in [0.05, 0.1) is 38.5 Å². The van der Waals surface area contributed by atoms with Crippen LogP contribution < -0.4 is 9.47 Å². The number of ether oxygens (including phenoxy) is 3. The first-order valence-electron chi connectivity index (χ1n) is 12.3. The second-order valence-corrected chi connectivity index (χ2v) is 8.82. The van der Waals surface area contributed by atoms with E-state index in [-0.39, 0.29) is 12.1 Å². The summed E-state index contributed by atoms with van der Waals surface area (Å²) in [4.78, 5) is 40.0. The molecular weight excluding hydrogens is 498 g/mol. The maximum atomic E-state index is 13.4. The Kier molecular flexibility index (Phi) is 8.46. The fraction of sp³-hybridized carbons (Fsp3) is 0.194. The van der Waals surface area contributed by atoms with Gasteiger partial charge in [0.15, 0.2) is 23.0 Å². The van der Waals surface area contributed by atoms with E-state index < -0.39 is 29.5 Å². The number of amides is 1. The van der Waals surface area contributed by atoms with Crippen molar-refractivity contribution in [2.45, 2.75) is 12.5 Å². The number of benzene rings is 3. The van der Waals surface area contributed by atoms with E-state index in [0.717, 1.165) is 11.1 Å². The van der Waals surface area contributed by atoms with Crippen molar-refractivity contribution in [1.29, 1.82) is 0 Å². The summed E-state index contributed by atoms with van der Waals surface area (Å²) in [6.07, 6.45) is 3.41. The lowest BCUT2D eigenvalue weighted by Crippen LogP contribution is -2.33. The van der Waals surface area contributed by atoms with Crippen LogP contribution in [0.15, 0.2) is 90.2 Å². The minimum atomic E-state index is -0.850. The molecule has 1 N–H and O–H groups in total. The van der Waals surface area contributed by atoms with Gasteiger partial charge in [-0.05, 0) is 53.5 Å². The number of methoxy groups -OCH3 is 3. The predicted octanol–water partition coefficient (Wildman–Crippen LogP) is 4.71. The van der Waals surface area contributed by atoms with Gasteiger partial charge in [-0.25, -0.2) is 4.79 Å². The number of hydrogen-bond donors (Lipinski definition) is 1. The maximum absolute atomic E-state index is 13.4. The number of allylic oxidation sites excluding steroid dienone is 1. The van der Waals surface area contributed by atoms with E-state index in [1.807, 2.05) is 42.5 Å². The molecule has 3 aromatic carbocycles. The molecule has 1 atom stereocenters. The molecule has 1 aliphatic rings. The van der Waals surface area contributed by atoms with Gasteiger partial charge in [-0.1, -0.05) is 54.6 Å². The zero-order chi connectivity index (χ0) is 27.9. The van der Waals surface area contributed by atoms with Crippen molar-refractivity contribution in [3.8, 4) is 11.5 Å². The zero-order valence-corrected chi connectivity index (χ0v) is 21.9.